The maximum Gasteiger partial charge on any atom is 0.267 e. The van der Waals surface area contributed by atoms with E-state index in [-0.39, 0.29) is 18.1 Å². The maximum atomic E-state index is 12.6. The van der Waals surface area contributed by atoms with E-state index < -0.39 is 11.8 Å². The molecule has 1 amide bonds. The predicted molar refractivity (Wildman–Crippen MR) is 127 cm³/mol. The lowest BCUT2D eigenvalue weighted by atomic mass is 9.78. The summed E-state index contributed by atoms with van der Waals surface area (Å²) in [6.45, 7) is 3.68. The van der Waals surface area contributed by atoms with Crippen LogP contribution in [-0.4, -0.2) is 28.9 Å². The van der Waals surface area contributed by atoms with Gasteiger partial charge in [0.1, 0.15) is 6.61 Å². The molecule has 2 heterocycles. The third kappa shape index (κ3) is 4.36. The normalized spacial score (nSPS) is 16.3. The van der Waals surface area contributed by atoms with E-state index in [4.69, 9.17) is 32.7 Å². The predicted octanol–water partition coefficient (Wildman–Crippen LogP) is 4.16. The van der Waals surface area contributed by atoms with Crippen molar-refractivity contribution in [3.63, 3.8) is 0 Å². The highest BCUT2D eigenvalue weighted by Gasteiger charge is 2.39. The molecule has 0 saturated heterocycles. The number of halogens is 2. The van der Waals surface area contributed by atoms with Gasteiger partial charge >= 0.3 is 0 Å². The zero-order valence-electron chi connectivity index (χ0n) is 18.2. The third-order valence-corrected chi connectivity index (χ3v) is 6.42. The smallest absolute Gasteiger partial charge is 0.267 e. The van der Waals surface area contributed by atoms with Crippen molar-refractivity contribution < 1.29 is 14.3 Å². The maximum absolute atomic E-state index is 12.6. The lowest BCUT2D eigenvalue weighted by Crippen LogP contribution is -2.31. The largest absolute Gasteiger partial charge is 0.493 e. The van der Waals surface area contributed by atoms with Crippen LogP contribution in [0.3, 0.4) is 0 Å². The minimum absolute atomic E-state index is 0.144. The SMILES string of the molecule is COc1cc([C@@H](c2c(C)[nH][nH]c2=O)[C@H]2C(=O)NN=C2C)ccc1OCc1c(Cl)cccc1Cl. The Kier molecular flexibility index (Phi) is 6.49. The van der Waals surface area contributed by atoms with Gasteiger partial charge in [0.05, 0.1) is 13.0 Å². The first-order valence-electron chi connectivity index (χ1n) is 10.2. The third-order valence-electron chi connectivity index (χ3n) is 5.71. The lowest BCUT2D eigenvalue weighted by Gasteiger charge is -2.23. The monoisotopic (exact) mass is 488 g/mol. The second-order valence-corrected chi connectivity index (χ2v) is 8.52. The molecule has 33 heavy (non-hydrogen) atoms. The van der Waals surface area contributed by atoms with E-state index >= 15 is 0 Å². The Morgan fingerprint density at radius 1 is 1.06 bits per heavy atom. The van der Waals surface area contributed by atoms with Gasteiger partial charge in [-0.3, -0.25) is 14.7 Å². The molecule has 1 aliphatic rings. The summed E-state index contributed by atoms with van der Waals surface area (Å²) in [4.78, 5) is 25.3. The summed E-state index contributed by atoms with van der Waals surface area (Å²) in [5.41, 5.74) is 5.28. The summed E-state index contributed by atoms with van der Waals surface area (Å²) < 4.78 is 11.5. The van der Waals surface area contributed by atoms with Crippen LogP contribution in [0.1, 0.15) is 35.2 Å². The zero-order valence-corrected chi connectivity index (χ0v) is 19.7. The number of nitrogens with zero attached hydrogens (tertiary/aromatic N) is 1. The van der Waals surface area contributed by atoms with Crippen LogP contribution >= 0.6 is 23.2 Å². The van der Waals surface area contributed by atoms with Crippen molar-refractivity contribution in [3.8, 4) is 11.5 Å². The second-order valence-electron chi connectivity index (χ2n) is 7.70. The van der Waals surface area contributed by atoms with Gasteiger partial charge in [0, 0.05) is 38.5 Å². The number of aryl methyl sites for hydroxylation is 1. The molecule has 8 nitrogen and oxygen atoms in total. The number of carbonyl (C=O) groups excluding carboxylic acids is 1. The fourth-order valence-corrected chi connectivity index (χ4v) is 4.54. The number of benzene rings is 2. The standard InChI is InChI=1S/C23H22Cl2N4O4/c1-11-19(22(30)28-26-11)21(20-12(2)27-29-23(20)31)13-7-8-17(18(9-13)32-3)33-10-14-15(24)5-4-6-16(14)25/h4-9,19,21H,10H2,1-3H3,(H,28,30)(H2,27,29,31)/t19-,21+/m0/s1. The molecule has 0 unspecified atom stereocenters. The summed E-state index contributed by atoms with van der Waals surface area (Å²) in [5, 5.41) is 10.5. The van der Waals surface area contributed by atoms with Crippen molar-refractivity contribution in [2.24, 2.45) is 11.0 Å². The highest BCUT2D eigenvalue weighted by atomic mass is 35.5. The first-order valence-corrected chi connectivity index (χ1v) is 10.9. The topological polar surface area (TPSA) is 109 Å². The summed E-state index contributed by atoms with van der Waals surface area (Å²) >= 11 is 12.5. The van der Waals surface area contributed by atoms with Gasteiger partial charge in [-0.05, 0) is 43.7 Å². The first-order chi connectivity index (χ1) is 15.8. The van der Waals surface area contributed by atoms with Crippen molar-refractivity contribution in [2.45, 2.75) is 26.4 Å². The van der Waals surface area contributed by atoms with Gasteiger partial charge in [-0.1, -0.05) is 35.3 Å². The van der Waals surface area contributed by atoms with Crippen LogP contribution in [-0.2, 0) is 11.4 Å². The number of methoxy groups -OCH3 is 1. The van der Waals surface area contributed by atoms with E-state index in [9.17, 15) is 9.59 Å². The molecule has 4 rings (SSSR count). The molecular formula is C23H22Cl2N4O4. The van der Waals surface area contributed by atoms with Crippen molar-refractivity contribution in [2.75, 3.05) is 7.11 Å². The van der Waals surface area contributed by atoms with E-state index in [1.807, 2.05) is 6.07 Å². The summed E-state index contributed by atoms with van der Waals surface area (Å²) in [6.07, 6.45) is 0. The number of hydrazone groups is 1. The number of ether oxygens (including phenoxy) is 2. The zero-order chi connectivity index (χ0) is 23.7. The number of amides is 1. The van der Waals surface area contributed by atoms with Crippen LogP contribution in [0.2, 0.25) is 10.0 Å². The fourth-order valence-electron chi connectivity index (χ4n) is 4.04. The highest BCUT2D eigenvalue weighted by molar-refractivity contribution is 6.35. The number of nitrogens with one attached hydrogen (secondary N) is 3. The first kappa shape index (κ1) is 22.9. The minimum atomic E-state index is -0.640. The van der Waals surface area contributed by atoms with Gasteiger partial charge < -0.3 is 14.6 Å². The molecule has 1 aromatic heterocycles. The number of aromatic nitrogens is 2. The molecule has 1 aliphatic heterocycles. The highest BCUT2D eigenvalue weighted by Crippen LogP contribution is 2.39. The molecule has 0 spiro atoms. The number of H-pyrrole nitrogens is 2. The van der Waals surface area contributed by atoms with Crippen LogP contribution in [0, 0.1) is 12.8 Å². The summed E-state index contributed by atoms with van der Waals surface area (Å²) in [6, 6.07) is 10.6. The second kappa shape index (κ2) is 9.33. The molecule has 2 aromatic carbocycles. The molecule has 3 N–H and O–H groups in total. The van der Waals surface area contributed by atoms with E-state index in [0.29, 0.717) is 49.6 Å². The van der Waals surface area contributed by atoms with Crippen molar-refractivity contribution in [1.82, 2.24) is 15.6 Å². The Morgan fingerprint density at radius 3 is 2.36 bits per heavy atom. The number of hydrogen-bond donors (Lipinski definition) is 3. The average molecular weight is 489 g/mol. The number of aromatic amines is 2. The van der Waals surface area contributed by atoms with Crippen LogP contribution in [0.25, 0.3) is 0 Å². The van der Waals surface area contributed by atoms with Crippen LogP contribution in [0.15, 0.2) is 46.3 Å². The van der Waals surface area contributed by atoms with Gasteiger partial charge in [-0.2, -0.15) is 5.10 Å². The van der Waals surface area contributed by atoms with E-state index in [2.05, 4.69) is 20.7 Å². The average Bonchev–Trinajstić information content (AvgIpc) is 3.30. The molecule has 0 fully saturated rings. The molecule has 0 saturated carbocycles. The van der Waals surface area contributed by atoms with Gasteiger partial charge in [0.15, 0.2) is 11.5 Å². The Labute approximate surface area is 199 Å². The van der Waals surface area contributed by atoms with E-state index in [1.54, 1.807) is 44.2 Å². The van der Waals surface area contributed by atoms with Gasteiger partial charge in [-0.25, -0.2) is 5.43 Å². The molecule has 0 radical (unpaired) electrons. The number of hydrogen-bond acceptors (Lipinski definition) is 5. The van der Waals surface area contributed by atoms with Crippen LogP contribution in [0.5, 0.6) is 11.5 Å². The molecule has 2 atom stereocenters. The number of rotatable bonds is 7. The molecular weight excluding hydrogens is 467 g/mol. The molecule has 10 heteroatoms. The molecule has 0 aliphatic carbocycles. The molecule has 3 aromatic rings. The minimum Gasteiger partial charge on any atom is -0.493 e. The molecule has 172 valence electrons. The molecule has 0 bridgehead atoms. The van der Waals surface area contributed by atoms with Gasteiger partial charge in [0.2, 0.25) is 5.91 Å². The van der Waals surface area contributed by atoms with Crippen molar-refractivity contribution in [1.29, 1.82) is 0 Å². The fraction of sp³-hybridized carbons (Fsp3) is 0.261. The van der Waals surface area contributed by atoms with E-state index in [0.717, 1.165) is 0 Å². The van der Waals surface area contributed by atoms with Crippen molar-refractivity contribution >= 4 is 34.8 Å². The number of carbonyl (C=O) groups is 1. The van der Waals surface area contributed by atoms with Crippen molar-refractivity contribution in [3.05, 3.63) is 79.2 Å². The Bertz CT molecular complexity index is 1280. The van der Waals surface area contributed by atoms with Crippen LogP contribution in [0.4, 0.5) is 0 Å². The van der Waals surface area contributed by atoms with Crippen LogP contribution < -0.4 is 20.5 Å². The summed E-state index contributed by atoms with van der Waals surface area (Å²) in [5.74, 6) is -0.577. The Hall–Kier alpha value is -3.23. The lowest BCUT2D eigenvalue weighted by molar-refractivity contribution is -0.122. The Balaban J connectivity index is 1.73. The van der Waals surface area contributed by atoms with E-state index in [1.165, 1.54) is 7.11 Å². The quantitative estimate of drug-likeness (QED) is 0.463. The summed E-state index contributed by atoms with van der Waals surface area (Å²) in [7, 11) is 1.52. The van der Waals surface area contributed by atoms with Gasteiger partial charge in [-0.15, -0.1) is 0 Å². The Morgan fingerprint density at radius 2 is 1.79 bits per heavy atom. The van der Waals surface area contributed by atoms with Gasteiger partial charge in [0.25, 0.3) is 5.56 Å².